The SMILES string of the molecule is Cc1nc(NCC(C)C)cc(C(=O)NCCC(C)C)n1. The molecule has 0 aromatic carbocycles. The fourth-order valence-corrected chi connectivity index (χ4v) is 1.65. The third-order valence-corrected chi connectivity index (χ3v) is 2.77. The minimum absolute atomic E-state index is 0.135. The molecule has 1 heterocycles. The second-order valence-electron chi connectivity index (χ2n) is 5.90. The Hall–Kier alpha value is -1.65. The number of anilines is 1. The first kappa shape index (κ1) is 16.4. The number of hydrogen-bond acceptors (Lipinski definition) is 4. The maximum absolute atomic E-state index is 12.0. The third kappa shape index (κ3) is 5.99. The molecule has 0 aliphatic heterocycles. The van der Waals surface area contributed by atoms with Crippen LogP contribution >= 0.6 is 0 Å². The van der Waals surface area contributed by atoms with E-state index in [9.17, 15) is 4.79 Å². The van der Waals surface area contributed by atoms with Gasteiger partial charge in [0.15, 0.2) is 0 Å². The lowest BCUT2D eigenvalue weighted by molar-refractivity contribution is 0.0946. The molecule has 0 aliphatic carbocycles. The summed E-state index contributed by atoms with van der Waals surface area (Å²) in [6.45, 7) is 11.8. The van der Waals surface area contributed by atoms with E-state index in [0.717, 1.165) is 13.0 Å². The van der Waals surface area contributed by atoms with Gasteiger partial charge in [0.05, 0.1) is 0 Å². The van der Waals surface area contributed by atoms with Gasteiger partial charge in [0.2, 0.25) is 0 Å². The summed E-state index contributed by atoms with van der Waals surface area (Å²) in [6.07, 6.45) is 0.967. The molecular weight excluding hydrogens is 252 g/mol. The zero-order valence-electron chi connectivity index (χ0n) is 13.2. The predicted molar refractivity (Wildman–Crippen MR) is 81.9 cm³/mol. The highest BCUT2D eigenvalue weighted by Gasteiger charge is 2.10. The van der Waals surface area contributed by atoms with Crippen LogP contribution in [0.4, 0.5) is 5.82 Å². The third-order valence-electron chi connectivity index (χ3n) is 2.77. The molecule has 112 valence electrons. The average molecular weight is 278 g/mol. The standard InChI is InChI=1S/C15H26N4O/c1-10(2)6-7-16-15(20)13-8-14(17-9-11(3)4)19-12(5)18-13/h8,10-11H,6-7,9H2,1-5H3,(H,16,20)(H,17,18,19). The number of aryl methyl sites for hydroxylation is 1. The Kier molecular flexibility index (Phi) is 6.42. The predicted octanol–water partition coefficient (Wildman–Crippen LogP) is 2.63. The van der Waals surface area contributed by atoms with Crippen LogP contribution in [-0.2, 0) is 0 Å². The van der Waals surface area contributed by atoms with E-state index in [1.807, 2.05) is 0 Å². The van der Waals surface area contributed by atoms with Crippen LogP contribution in [0.2, 0.25) is 0 Å². The van der Waals surface area contributed by atoms with Crippen LogP contribution < -0.4 is 10.6 Å². The first-order valence-electron chi connectivity index (χ1n) is 7.26. The number of amides is 1. The fraction of sp³-hybridized carbons (Fsp3) is 0.667. The van der Waals surface area contributed by atoms with Crippen molar-refractivity contribution in [2.24, 2.45) is 11.8 Å². The van der Waals surface area contributed by atoms with Crippen molar-refractivity contribution < 1.29 is 4.79 Å². The highest BCUT2D eigenvalue weighted by Crippen LogP contribution is 2.08. The topological polar surface area (TPSA) is 66.9 Å². The van der Waals surface area contributed by atoms with Crippen molar-refractivity contribution in [3.05, 3.63) is 17.6 Å². The van der Waals surface area contributed by atoms with Gasteiger partial charge in [0.25, 0.3) is 5.91 Å². The molecule has 0 spiro atoms. The van der Waals surface area contributed by atoms with Crippen LogP contribution in [0.1, 0.15) is 50.4 Å². The molecule has 5 nitrogen and oxygen atoms in total. The van der Waals surface area contributed by atoms with Crippen molar-refractivity contribution >= 4 is 11.7 Å². The largest absolute Gasteiger partial charge is 0.370 e. The van der Waals surface area contributed by atoms with Crippen molar-refractivity contribution in [1.29, 1.82) is 0 Å². The van der Waals surface area contributed by atoms with E-state index in [0.29, 0.717) is 35.7 Å². The molecule has 1 aromatic rings. The Morgan fingerprint density at radius 3 is 2.50 bits per heavy atom. The van der Waals surface area contributed by atoms with Crippen LogP contribution in [0.25, 0.3) is 0 Å². The lowest BCUT2D eigenvalue weighted by Gasteiger charge is -2.11. The van der Waals surface area contributed by atoms with Crippen molar-refractivity contribution in [2.75, 3.05) is 18.4 Å². The lowest BCUT2D eigenvalue weighted by atomic mass is 10.1. The molecular formula is C15H26N4O. The highest BCUT2D eigenvalue weighted by molar-refractivity contribution is 5.92. The quantitative estimate of drug-likeness (QED) is 0.804. The van der Waals surface area contributed by atoms with E-state index in [1.54, 1.807) is 13.0 Å². The van der Waals surface area contributed by atoms with E-state index < -0.39 is 0 Å². The number of carbonyl (C=O) groups excluding carboxylic acids is 1. The van der Waals surface area contributed by atoms with Gasteiger partial charge in [-0.3, -0.25) is 4.79 Å². The molecule has 0 fully saturated rings. The molecule has 0 saturated carbocycles. The molecule has 20 heavy (non-hydrogen) atoms. The normalized spacial score (nSPS) is 10.9. The Balaban J connectivity index is 2.66. The molecule has 0 aliphatic rings. The zero-order chi connectivity index (χ0) is 15.1. The van der Waals surface area contributed by atoms with Gasteiger partial charge < -0.3 is 10.6 Å². The number of nitrogens with zero attached hydrogens (tertiary/aromatic N) is 2. The Labute approximate surface area is 121 Å². The number of aromatic nitrogens is 2. The van der Waals surface area contributed by atoms with Crippen LogP contribution in [0.3, 0.4) is 0 Å². The number of rotatable bonds is 7. The van der Waals surface area contributed by atoms with Gasteiger partial charge in [0.1, 0.15) is 17.3 Å². The Bertz CT molecular complexity index is 443. The Morgan fingerprint density at radius 1 is 1.20 bits per heavy atom. The minimum Gasteiger partial charge on any atom is -0.370 e. The molecule has 2 N–H and O–H groups in total. The molecule has 0 radical (unpaired) electrons. The first-order chi connectivity index (χ1) is 9.38. The Morgan fingerprint density at radius 2 is 1.90 bits per heavy atom. The second-order valence-corrected chi connectivity index (χ2v) is 5.90. The van der Waals surface area contributed by atoms with Gasteiger partial charge in [-0.1, -0.05) is 27.7 Å². The molecule has 0 saturated heterocycles. The summed E-state index contributed by atoms with van der Waals surface area (Å²) >= 11 is 0. The van der Waals surface area contributed by atoms with Gasteiger partial charge in [0, 0.05) is 19.2 Å². The van der Waals surface area contributed by atoms with Gasteiger partial charge in [-0.05, 0) is 25.2 Å². The van der Waals surface area contributed by atoms with Crippen LogP contribution in [0.15, 0.2) is 6.07 Å². The second kappa shape index (κ2) is 7.82. The van der Waals surface area contributed by atoms with Gasteiger partial charge in [-0.2, -0.15) is 0 Å². The fourth-order valence-electron chi connectivity index (χ4n) is 1.65. The van der Waals surface area contributed by atoms with Crippen molar-refractivity contribution in [3.8, 4) is 0 Å². The van der Waals surface area contributed by atoms with E-state index in [2.05, 4.69) is 48.3 Å². The molecule has 1 aromatic heterocycles. The maximum Gasteiger partial charge on any atom is 0.270 e. The molecule has 1 rings (SSSR count). The van der Waals surface area contributed by atoms with Crippen LogP contribution in [-0.4, -0.2) is 29.0 Å². The molecule has 1 amide bonds. The first-order valence-corrected chi connectivity index (χ1v) is 7.26. The summed E-state index contributed by atoms with van der Waals surface area (Å²) in [5, 5.41) is 6.12. The molecule has 0 bridgehead atoms. The zero-order valence-corrected chi connectivity index (χ0v) is 13.2. The van der Waals surface area contributed by atoms with Crippen molar-refractivity contribution in [2.45, 2.75) is 41.0 Å². The number of carbonyl (C=O) groups is 1. The van der Waals surface area contributed by atoms with E-state index in [1.165, 1.54) is 0 Å². The summed E-state index contributed by atoms with van der Waals surface area (Å²) < 4.78 is 0. The van der Waals surface area contributed by atoms with Gasteiger partial charge in [-0.15, -0.1) is 0 Å². The minimum atomic E-state index is -0.135. The van der Waals surface area contributed by atoms with Crippen molar-refractivity contribution in [3.63, 3.8) is 0 Å². The smallest absolute Gasteiger partial charge is 0.270 e. The number of hydrogen-bond donors (Lipinski definition) is 2. The average Bonchev–Trinajstić information content (AvgIpc) is 2.35. The van der Waals surface area contributed by atoms with E-state index in [-0.39, 0.29) is 5.91 Å². The summed E-state index contributed by atoms with van der Waals surface area (Å²) in [5.41, 5.74) is 0.424. The highest BCUT2D eigenvalue weighted by atomic mass is 16.1. The lowest BCUT2D eigenvalue weighted by Crippen LogP contribution is -2.26. The van der Waals surface area contributed by atoms with Crippen LogP contribution in [0.5, 0.6) is 0 Å². The summed E-state index contributed by atoms with van der Waals surface area (Å²) in [5.74, 6) is 2.27. The van der Waals surface area contributed by atoms with Crippen molar-refractivity contribution in [1.82, 2.24) is 15.3 Å². The van der Waals surface area contributed by atoms with Gasteiger partial charge in [-0.25, -0.2) is 9.97 Å². The molecule has 0 unspecified atom stereocenters. The summed E-state index contributed by atoms with van der Waals surface area (Å²) in [7, 11) is 0. The van der Waals surface area contributed by atoms with Crippen LogP contribution in [0, 0.1) is 18.8 Å². The molecule has 5 heteroatoms. The van der Waals surface area contributed by atoms with E-state index >= 15 is 0 Å². The summed E-state index contributed by atoms with van der Waals surface area (Å²) in [4.78, 5) is 20.5. The maximum atomic E-state index is 12.0. The number of nitrogens with one attached hydrogen (secondary N) is 2. The monoisotopic (exact) mass is 278 g/mol. The van der Waals surface area contributed by atoms with E-state index in [4.69, 9.17) is 0 Å². The molecule has 0 atom stereocenters. The van der Waals surface area contributed by atoms with Gasteiger partial charge >= 0.3 is 0 Å². The summed E-state index contributed by atoms with van der Waals surface area (Å²) in [6, 6.07) is 1.71.